The van der Waals surface area contributed by atoms with Gasteiger partial charge in [-0.1, -0.05) is 23.7 Å². The first-order chi connectivity index (χ1) is 8.10. The van der Waals surface area contributed by atoms with Crippen LogP contribution in [0.1, 0.15) is 18.1 Å². The van der Waals surface area contributed by atoms with Crippen molar-refractivity contribution in [1.29, 1.82) is 5.26 Å². The average Bonchev–Trinajstić information content (AvgIpc) is 2.82. The third-order valence-electron chi connectivity index (χ3n) is 3.07. The number of hydrogen-bond donors (Lipinski definition) is 1. The van der Waals surface area contributed by atoms with Crippen molar-refractivity contribution in [2.75, 3.05) is 13.2 Å². The summed E-state index contributed by atoms with van der Waals surface area (Å²) in [6.45, 7) is 0.503. The minimum atomic E-state index is -1.23. The number of aliphatic hydroxyl groups excluding tert-OH is 1. The lowest BCUT2D eigenvalue weighted by Crippen LogP contribution is -2.28. The molecule has 1 aromatic carbocycles. The van der Waals surface area contributed by atoms with Crippen LogP contribution in [0, 0.1) is 22.6 Å². The predicted molar refractivity (Wildman–Crippen MR) is 59.9 cm³/mol. The maximum Gasteiger partial charge on any atom is 0.147 e. The summed E-state index contributed by atoms with van der Waals surface area (Å²) >= 11 is 5.65. The van der Waals surface area contributed by atoms with E-state index in [1.807, 2.05) is 6.07 Å². The molecule has 1 heterocycles. The Balaban J connectivity index is 2.40. The number of ether oxygens (including phenoxy) is 1. The van der Waals surface area contributed by atoms with Crippen LogP contribution in [0.4, 0.5) is 4.39 Å². The topological polar surface area (TPSA) is 53.2 Å². The van der Waals surface area contributed by atoms with Gasteiger partial charge < -0.3 is 9.84 Å². The Bertz CT molecular complexity index is 466. The second-order valence-corrected chi connectivity index (χ2v) is 4.52. The number of halogens is 2. The molecule has 0 radical (unpaired) electrons. The van der Waals surface area contributed by atoms with Gasteiger partial charge in [0.2, 0.25) is 0 Å². The number of hydrogen-bond acceptors (Lipinski definition) is 3. The van der Waals surface area contributed by atoms with Crippen molar-refractivity contribution in [3.8, 4) is 6.07 Å². The van der Waals surface area contributed by atoms with Gasteiger partial charge in [-0.3, -0.25) is 0 Å². The third-order valence-corrected chi connectivity index (χ3v) is 3.37. The van der Waals surface area contributed by atoms with E-state index >= 15 is 0 Å². The number of nitriles is 1. The molecule has 1 N–H and O–H groups in total. The molecule has 0 aliphatic carbocycles. The van der Waals surface area contributed by atoms with Crippen LogP contribution >= 0.6 is 11.6 Å². The summed E-state index contributed by atoms with van der Waals surface area (Å²) in [5.41, 5.74) is -1.03. The van der Waals surface area contributed by atoms with E-state index in [9.17, 15) is 9.50 Å². The van der Waals surface area contributed by atoms with Gasteiger partial charge in [-0.15, -0.1) is 0 Å². The molecule has 1 aliphatic heterocycles. The van der Waals surface area contributed by atoms with Crippen LogP contribution in [-0.2, 0) is 4.74 Å². The first kappa shape index (κ1) is 12.3. The van der Waals surface area contributed by atoms with E-state index < -0.39 is 17.3 Å². The van der Waals surface area contributed by atoms with Gasteiger partial charge in [0.25, 0.3) is 0 Å². The molecule has 0 saturated carbocycles. The molecule has 0 aromatic heterocycles. The number of rotatable bonds is 2. The van der Waals surface area contributed by atoms with E-state index in [1.54, 1.807) is 6.07 Å². The summed E-state index contributed by atoms with van der Waals surface area (Å²) in [4.78, 5) is 0. The lowest BCUT2D eigenvalue weighted by molar-refractivity contribution is 0.0478. The van der Waals surface area contributed by atoms with Gasteiger partial charge in [0.1, 0.15) is 17.3 Å². The lowest BCUT2D eigenvalue weighted by atomic mass is 9.79. The number of nitrogens with zero attached hydrogens (tertiary/aromatic N) is 1. The quantitative estimate of drug-likeness (QED) is 0.883. The van der Waals surface area contributed by atoms with Crippen molar-refractivity contribution < 1.29 is 14.2 Å². The lowest BCUT2D eigenvalue weighted by Gasteiger charge is -2.26. The molecule has 2 rings (SSSR count). The van der Waals surface area contributed by atoms with Gasteiger partial charge in [0.15, 0.2) is 0 Å². The maximum absolute atomic E-state index is 13.8. The molecular formula is C12H11ClFNO2. The Morgan fingerprint density at radius 2 is 2.35 bits per heavy atom. The van der Waals surface area contributed by atoms with Crippen LogP contribution in [0.2, 0.25) is 5.02 Å². The summed E-state index contributed by atoms with van der Waals surface area (Å²) in [5.74, 6) is -0.678. The summed E-state index contributed by atoms with van der Waals surface area (Å²) in [7, 11) is 0. The van der Waals surface area contributed by atoms with Gasteiger partial charge in [-0.25, -0.2) is 4.39 Å². The largest absolute Gasteiger partial charge is 0.387 e. The van der Waals surface area contributed by atoms with E-state index in [0.717, 1.165) is 0 Å². The molecule has 0 bridgehead atoms. The van der Waals surface area contributed by atoms with Gasteiger partial charge in [-0.05, 0) is 12.5 Å². The minimum absolute atomic E-state index is 0.0459. The zero-order chi connectivity index (χ0) is 12.5. The van der Waals surface area contributed by atoms with Crippen molar-refractivity contribution in [2.24, 2.45) is 5.41 Å². The number of benzene rings is 1. The fraction of sp³-hybridized carbons (Fsp3) is 0.417. The highest BCUT2D eigenvalue weighted by atomic mass is 35.5. The smallest absolute Gasteiger partial charge is 0.147 e. The van der Waals surface area contributed by atoms with Crippen molar-refractivity contribution in [3.05, 3.63) is 34.6 Å². The molecule has 2 atom stereocenters. The average molecular weight is 256 g/mol. The van der Waals surface area contributed by atoms with Gasteiger partial charge >= 0.3 is 0 Å². The van der Waals surface area contributed by atoms with Crippen LogP contribution in [-0.4, -0.2) is 18.3 Å². The first-order valence-corrected chi connectivity index (χ1v) is 5.59. The van der Waals surface area contributed by atoms with E-state index in [1.165, 1.54) is 12.1 Å². The molecule has 90 valence electrons. The first-order valence-electron chi connectivity index (χ1n) is 5.22. The molecule has 0 spiro atoms. The van der Waals surface area contributed by atoms with Crippen LogP contribution in [0.3, 0.4) is 0 Å². The van der Waals surface area contributed by atoms with Crippen molar-refractivity contribution in [3.63, 3.8) is 0 Å². The summed E-state index contributed by atoms with van der Waals surface area (Å²) in [6.07, 6.45) is -0.843. The molecule has 5 heteroatoms. The fourth-order valence-corrected chi connectivity index (χ4v) is 2.16. The highest BCUT2D eigenvalue weighted by molar-refractivity contribution is 6.30. The Morgan fingerprint density at radius 3 is 2.94 bits per heavy atom. The van der Waals surface area contributed by atoms with E-state index in [4.69, 9.17) is 21.6 Å². The van der Waals surface area contributed by atoms with Gasteiger partial charge in [0, 0.05) is 12.2 Å². The molecule has 1 aliphatic rings. The summed E-state index contributed by atoms with van der Waals surface area (Å²) in [6, 6.07) is 6.42. The molecule has 0 amide bonds. The third kappa shape index (κ3) is 2.02. The standard InChI is InChI=1S/C12H11ClFNO2/c13-9-3-1-2-8(10(9)14)11(16)12(6-15)4-5-17-7-12/h1-3,11,16H,4-5,7H2. The van der Waals surface area contributed by atoms with E-state index in [0.29, 0.717) is 13.0 Å². The van der Waals surface area contributed by atoms with Crippen molar-refractivity contribution in [2.45, 2.75) is 12.5 Å². The van der Waals surface area contributed by atoms with Crippen LogP contribution in [0.15, 0.2) is 18.2 Å². The molecule has 2 unspecified atom stereocenters. The Kier molecular flexibility index (Phi) is 3.34. The zero-order valence-corrected chi connectivity index (χ0v) is 9.75. The molecule has 1 aromatic rings. The highest BCUT2D eigenvalue weighted by Gasteiger charge is 2.44. The number of aliphatic hydroxyl groups is 1. The molecule has 1 fully saturated rings. The molecule has 1 saturated heterocycles. The maximum atomic E-state index is 13.8. The van der Waals surface area contributed by atoms with E-state index in [2.05, 4.69) is 0 Å². The predicted octanol–water partition coefficient (Wildman–Crippen LogP) is 2.44. The Labute approximate surface area is 103 Å². The minimum Gasteiger partial charge on any atom is -0.387 e. The normalized spacial score (nSPS) is 25.5. The van der Waals surface area contributed by atoms with E-state index in [-0.39, 0.29) is 17.2 Å². The van der Waals surface area contributed by atoms with Crippen LogP contribution < -0.4 is 0 Å². The van der Waals surface area contributed by atoms with Gasteiger partial charge in [-0.2, -0.15) is 5.26 Å². The second-order valence-electron chi connectivity index (χ2n) is 4.12. The Hall–Kier alpha value is -1.15. The highest BCUT2D eigenvalue weighted by Crippen LogP contribution is 2.42. The zero-order valence-electron chi connectivity index (χ0n) is 8.99. The van der Waals surface area contributed by atoms with Crippen molar-refractivity contribution >= 4 is 11.6 Å². The molecule has 17 heavy (non-hydrogen) atoms. The Morgan fingerprint density at radius 1 is 1.59 bits per heavy atom. The summed E-state index contributed by atoms with van der Waals surface area (Å²) < 4.78 is 18.9. The molecule has 3 nitrogen and oxygen atoms in total. The molecular weight excluding hydrogens is 245 g/mol. The van der Waals surface area contributed by atoms with Crippen LogP contribution in [0.25, 0.3) is 0 Å². The van der Waals surface area contributed by atoms with Gasteiger partial charge in [0.05, 0.1) is 17.7 Å². The SMILES string of the molecule is N#CC1(C(O)c2cccc(Cl)c2F)CCOC1. The van der Waals surface area contributed by atoms with Crippen LogP contribution in [0.5, 0.6) is 0 Å². The monoisotopic (exact) mass is 255 g/mol. The summed E-state index contributed by atoms with van der Waals surface area (Å²) in [5, 5.41) is 19.3. The fourth-order valence-electron chi connectivity index (χ4n) is 1.98. The van der Waals surface area contributed by atoms with Crippen molar-refractivity contribution in [1.82, 2.24) is 0 Å². The second kappa shape index (κ2) is 4.61.